The third kappa shape index (κ3) is 5.65. The molecule has 0 unspecified atom stereocenters. The molecule has 1 atom stereocenters. The van der Waals surface area contributed by atoms with Gasteiger partial charge in [0.2, 0.25) is 5.91 Å². The van der Waals surface area contributed by atoms with E-state index in [0.29, 0.717) is 6.54 Å². The van der Waals surface area contributed by atoms with E-state index in [2.05, 4.69) is 10.3 Å². The highest BCUT2D eigenvalue weighted by atomic mass is 35.5. The van der Waals surface area contributed by atoms with Crippen molar-refractivity contribution in [3.63, 3.8) is 0 Å². The molecule has 1 amide bonds. The molecule has 3 N–H and O–H groups in total. The van der Waals surface area contributed by atoms with Crippen LogP contribution in [0.15, 0.2) is 24.5 Å². The number of hydrogen-bond acceptors (Lipinski definition) is 3. The number of halogens is 1. The molecule has 0 aliphatic carbocycles. The number of nitrogens with zero attached hydrogens (tertiary/aromatic N) is 1. The van der Waals surface area contributed by atoms with Crippen LogP contribution in [0.3, 0.4) is 0 Å². The van der Waals surface area contributed by atoms with E-state index in [1.807, 2.05) is 26.0 Å². The number of rotatable bonds is 5. The molecular weight excluding hydrogens is 238 g/mol. The Balaban J connectivity index is 0.00000256. The summed E-state index contributed by atoms with van der Waals surface area (Å²) in [4.78, 5) is 15.5. The Hall–Kier alpha value is -1.13. The van der Waals surface area contributed by atoms with Crippen LogP contribution in [0.5, 0.6) is 0 Å². The number of nitrogens with two attached hydrogens (primary N) is 1. The SMILES string of the molecule is CC(C)[C@H](N)C(=O)NCCc1cccnc1.Cl. The van der Waals surface area contributed by atoms with E-state index >= 15 is 0 Å². The Bertz CT molecular complexity index is 330. The number of amides is 1. The van der Waals surface area contributed by atoms with Gasteiger partial charge in [-0.05, 0) is 24.0 Å². The summed E-state index contributed by atoms with van der Waals surface area (Å²) in [5.41, 5.74) is 6.83. The van der Waals surface area contributed by atoms with Gasteiger partial charge in [-0.3, -0.25) is 9.78 Å². The second kappa shape index (κ2) is 8.03. The summed E-state index contributed by atoms with van der Waals surface area (Å²) in [5.74, 6) is 0.0808. The average molecular weight is 258 g/mol. The van der Waals surface area contributed by atoms with Crippen molar-refractivity contribution in [1.29, 1.82) is 0 Å². The molecule has 1 rings (SSSR count). The fourth-order valence-electron chi connectivity index (χ4n) is 1.30. The van der Waals surface area contributed by atoms with Gasteiger partial charge < -0.3 is 11.1 Å². The molecule has 17 heavy (non-hydrogen) atoms. The minimum absolute atomic E-state index is 0. The monoisotopic (exact) mass is 257 g/mol. The number of hydrogen-bond donors (Lipinski definition) is 2. The maximum atomic E-state index is 11.5. The first-order valence-corrected chi connectivity index (χ1v) is 5.53. The first-order valence-electron chi connectivity index (χ1n) is 5.53. The van der Waals surface area contributed by atoms with E-state index < -0.39 is 6.04 Å². The van der Waals surface area contributed by atoms with Gasteiger partial charge in [0.25, 0.3) is 0 Å². The highest BCUT2D eigenvalue weighted by Crippen LogP contribution is 1.99. The van der Waals surface area contributed by atoms with Crippen LogP contribution in [0.4, 0.5) is 0 Å². The largest absolute Gasteiger partial charge is 0.354 e. The number of nitrogens with one attached hydrogen (secondary N) is 1. The molecule has 96 valence electrons. The van der Waals surface area contributed by atoms with Gasteiger partial charge in [0, 0.05) is 18.9 Å². The molecule has 0 spiro atoms. The van der Waals surface area contributed by atoms with E-state index in [0.717, 1.165) is 12.0 Å². The van der Waals surface area contributed by atoms with Crippen molar-refractivity contribution < 1.29 is 4.79 Å². The zero-order chi connectivity index (χ0) is 12.0. The Morgan fingerprint density at radius 3 is 2.76 bits per heavy atom. The summed E-state index contributed by atoms with van der Waals surface area (Å²) in [6.07, 6.45) is 4.32. The molecule has 1 heterocycles. The summed E-state index contributed by atoms with van der Waals surface area (Å²) in [7, 11) is 0. The van der Waals surface area contributed by atoms with Crippen LogP contribution in [0.25, 0.3) is 0 Å². The van der Waals surface area contributed by atoms with Gasteiger partial charge >= 0.3 is 0 Å². The van der Waals surface area contributed by atoms with Crippen LogP contribution in [0.2, 0.25) is 0 Å². The summed E-state index contributed by atoms with van der Waals surface area (Å²) in [6.45, 7) is 4.47. The third-order valence-electron chi connectivity index (χ3n) is 2.46. The second-order valence-electron chi connectivity index (χ2n) is 4.17. The van der Waals surface area contributed by atoms with Gasteiger partial charge in [0.05, 0.1) is 6.04 Å². The first-order chi connectivity index (χ1) is 7.61. The van der Waals surface area contributed by atoms with Crippen molar-refractivity contribution in [3.8, 4) is 0 Å². The lowest BCUT2D eigenvalue weighted by molar-refractivity contribution is -0.123. The highest BCUT2D eigenvalue weighted by molar-refractivity contribution is 5.85. The molecule has 1 aromatic rings. The molecule has 0 bridgehead atoms. The lowest BCUT2D eigenvalue weighted by Crippen LogP contribution is -2.44. The Labute approximate surface area is 108 Å². The quantitative estimate of drug-likeness (QED) is 0.831. The Morgan fingerprint density at radius 1 is 1.53 bits per heavy atom. The fraction of sp³-hybridized carbons (Fsp3) is 0.500. The molecule has 0 radical (unpaired) electrons. The zero-order valence-corrected chi connectivity index (χ0v) is 11.0. The summed E-state index contributed by atoms with van der Waals surface area (Å²) >= 11 is 0. The minimum atomic E-state index is -0.422. The van der Waals surface area contributed by atoms with Crippen molar-refractivity contribution in [2.45, 2.75) is 26.3 Å². The number of carbonyl (C=O) groups excluding carboxylic acids is 1. The van der Waals surface area contributed by atoms with Crippen LogP contribution in [-0.2, 0) is 11.2 Å². The van der Waals surface area contributed by atoms with E-state index in [1.165, 1.54) is 0 Å². The maximum Gasteiger partial charge on any atom is 0.237 e. The number of pyridine rings is 1. The normalized spacial score (nSPS) is 11.8. The smallest absolute Gasteiger partial charge is 0.237 e. The van der Waals surface area contributed by atoms with E-state index in [1.54, 1.807) is 12.4 Å². The second-order valence-corrected chi connectivity index (χ2v) is 4.17. The van der Waals surface area contributed by atoms with Gasteiger partial charge in [-0.1, -0.05) is 19.9 Å². The first kappa shape index (κ1) is 15.9. The molecule has 0 aromatic carbocycles. The van der Waals surface area contributed by atoms with Gasteiger partial charge in [-0.2, -0.15) is 0 Å². The molecule has 0 aliphatic rings. The van der Waals surface area contributed by atoms with Gasteiger partial charge in [-0.15, -0.1) is 12.4 Å². The van der Waals surface area contributed by atoms with E-state index in [9.17, 15) is 4.79 Å². The molecule has 5 heteroatoms. The molecule has 4 nitrogen and oxygen atoms in total. The lowest BCUT2D eigenvalue weighted by atomic mass is 10.1. The van der Waals surface area contributed by atoms with Crippen molar-refractivity contribution in [2.24, 2.45) is 11.7 Å². The van der Waals surface area contributed by atoms with Crippen molar-refractivity contribution in [1.82, 2.24) is 10.3 Å². The van der Waals surface area contributed by atoms with Crippen LogP contribution in [0, 0.1) is 5.92 Å². The Kier molecular flexibility index (Phi) is 7.50. The zero-order valence-electron chi connectivity index (χ0n) is 10.2. The molecule has 0 saturated carbocycles. The van der Waals surface area contributed by atoms with Crippen molar-refractivity contribution in [3.05, 3.63) is 30.1 Å². The fourth-order valence-corrected chi connectivity index (χ4v) is 1.30. The summed E-state index contributed by atoms with van der Waals surface area (Å²) < 4.78 is 0. The summed E-state index contributed by atoms with van der Waals surface area (Å²) in [5, 5.41) is 2.82. The predicted octanol–water partition coefficient (Wildman–Crippen LogP) is 1.15. The molecule has 0 fully saturated rings. The van der Waals surface area contributed by atoms with E-state index in [-0.39, 0.29) is 24.2 Å². The molecule has 0 saturated heterocycles. The molecule has 0 aliphatic heterocycles. The van der Waals surface area contributed by atoms with E-state index in [4.69, 9.17) is 5.73 Å². The van der Waals surface area contributed by atoms with Crippen LogP contribution >= 0.6 is 12.4 Å². The number of aromatic nitrogens is 1. The van der Waals surface area contributed by atoms with Gasteiger partial charge in [0.1, 0.15) is 0 Å². The topological polar surface area (TPSA) is 68.0 Å². The van der Waals surface area contributed by atoms with Gasteiger partial charge in [-0.25, -0.2) is 0 Å². The molecule has 1 aromatic heterocycles. The van der Waals surface area contributed by atoms with Crippen molar-refractivity contribution in [2.75, 3.05) is 6.54 Å². The van der Waals surface area contributed by atoms with Crippen molar-refractivity contribution >= 4 is 18.3 Å². The molecular formula is C12H20ClN3O. The maximum absolute atomic E-state index is 11.5. The van der Waals surface area contributed by atoms with Crippen LogP contribution < -0.4 is 11.1 Å². The van der Waals surface area contributed by atoms with Crippen LogP contribution in [-0.4, -0.2) is 23.5 Å². The Morgan fingerprint density at radius 2 is 2.24 bits per heavy atom. The van der Waals surface area contributed by atoms with Gasteiger partial charge in [0.15, 0.2) is 0 Å². The lowest BCUT2D eigenvalue weighted by Gasteiger charge is -2.15. The third-order valence-corrected chi connectivity index (χ3v) is 2.46. The minimum Gasteiger partial charge on any atom is -0.354 e. The average Bonchev–Trinajstić information content (AvgIpc) is 2.29. The van der Waals surface area contributed by atoms with Crippen LogP contribution in [0.1, 0.15) is 19.4 Å². The number of carbonyl (C=O) groups is 1. The standard InChI is InChI=1S/C12H19N3O.ClH/c1-9(2)11(13)12(16)15-7-5-10-4-3-6-14-8-10;/h3-4,6,8-9,11H,5,7,13H2,1-2H3,(H,15,16);1H/t11-;/m0./s1. The predicted molar refractivity (Wildman–Crippen MR) is 71.0 cm³/mol. The highest BCUT2D eigenvalue weighted by Gasteiger charge is 2.15. The summed E-state index contributed by atoms with van der Waals surface area (Å²) in [6, 6.07) is 3.45.